The van der Waals surface area contributed by atoms with Gasteiger partial charge in [-0.25, -0.2) is 13.6 Å². The Morgan fingerprint density at radius 3 is 2.23 bits per heavy atom. The van der Waals surface area contributed by atoms with Gasteiger partial charge >= 0.3 is 0 Å². The number of hydrogen-bond acceptors (Lipinski definition) is 7. The van der Waals surface area contributed by atoms with Crippen LogP contribution < -0.4 is 15.4 Å². The van der Waals surface area contributed by atoms with Gasteiger partial charge in [-0.2, -0.15) is 4.98 Å². The van der Waals surface area contributed by atoms with E-state index in [2.05, 4.69) is 4.98 Å². The van der Waals surface area contributed by atoms with Crippen molar-refractivity contribution in [3.63, 3.8) is 0 Å². The Morgan fingerprint density at radius 2 is 1.63 bits per heavy atom. The van der Waals surface area contributed by atoms with Crippen LogP contribution in [-0.2, 0) is 26.0 Å². The molecule has 2 heterocycles. The molecular weight excluding hydrogens is 410 g/mol. The smallest absolute Gasteiger partial charge is 0.252 e. The van der Waals surface area contributed by atoms with E-state index in [1.54, 1.807) is 18.2 Å². The van der Waals surface area contributed by atoms with Gasteiger partial charge in [-0.05, 0) is 50.2 Å². The molecule has 30 heavy (non-hydrogen) atoms. The van der Waals surface area contributed by atoms with Gasteiger partial charge in [-0.15, -0.1) is 0 Å². The van der Waals surface area contributed by atoms with E-state index in [9.17, 15) is 13.2 Å². The summed E-state index contributed by atoms with van der Waals surface area (Å²) in [5.74, 6) is 0.621. The minimum absolute atomic E-state index is 0.0203. The van der Waals surface area contributed by atoms with Crippen LogP contribution in [0.3, 0.4) is 0 Å². The third-order valence-corrected chi connectivity index (χ3v) is 5.15. The van der Waals surface area contributed by atoms with Crippen LogP contribution in [-0.4, -0.2) is 37.5 Å². The van der Waals surface area contributed by atoms with Crippen LogP contribution in [0.1, 0.15) is 13.8 Å². The Hall–Kier alpha value is -2.79. The molecule has 0 aliphatic rings. The van der Waals surface area contributed by atoms with E-state index in [1.165, 1.54) is 34.9 Å². The van der Waals surface area contributed by atoms with Gasteiger partial charge in [0.05, 0.1) is 11.4 Å². The Morgan fingerprint density at radius 1 is 1.00 bits per heavy atom. The number of primary sulfonamides is 1. The molecule has 9 nitrogen and oxygen atoms in total. The number of pyridine rings is 2. The fourth-order valence-corrected chi connectivity index (χ4v) is 3.38. The van der Waals surface area contributed by atoms with E-state index < -0.39 is 16.3 Å². The van der Waals surface area contributed by atoms with Crippen molar-refractivity contribution in [1.82, 2.24) is 9.55 Å². The molecule has 0 spiro atoms. The Kier molecular flexibility index (Phi) is 6.83. The van der Waals surface area contributed by atoms with Gasteiger partial charge in [-0.3, -0.25) is 9.36 Å². The van der Waals surface area contributed by atoms with Gasteiger partial charge in [0, 0.05) is 30.7 Å². The van der Waals surface area contributed by atoms with Crippen LogP contribution >= 0.6 is 0 Å². The third kappa shape index (κ3) is 5.22. The molecule has 0 bridgehead atoms. The summed E-state index contributed by atoms with van der Waals surface area (Å²) in [6.45, 7) is 4.77. The second-order valence-corrected chi connectivity index (χ2v) is 7.86. The van der Waals surface area contributed by atoms with Crippen molar-refractivity contribution >= 4 is 21.1 Å². The molecule has 1 aromatic carbocycles. The monoisotopic (exact) mass is 433 g/mol. The first-order chi connectivity index (χ1) is 14.3. The van der Waals surface area contributed by atoms with Crippen LogP contribution in [0, 0.1) is 0 Å². The van der Waals surface area contributed by atoms with Crippen LogP contribution in [0.2, 0.25) is 0 Å². The zero-order valence-corrected chi connectivity index (χ0v) is 17.5. The van der Waals surface area contributed by atoms with Crippen LogP contribution in [0.5, 0.6) is 11.6 Å². The zero-order chi connectivity index (χ0) is 21.7. The summed E-state index contributed by atoms with van der Waals surface area (Å²) in [7, 11) is -3.79. The van der Waals surface area contributed by atoms with Crippen LogP contribution in [0.25, 0.3) is 11.0 Å². The van der Waals surface area contributed by atoms with Crippen molar-refractivity contribution in [2.45, 2.75) is 31.6 Å². The number of nitrogens with two attached hydrogens (primary N) is 1. The highest BCUT2D eigenvalue weighted by Crippen LogP contribution is 2.23. The van der Waals surface area contributed by atoms with E-state index in [0.717, 1.165) is 5.39 Å². The molecule has 0 radical (unpaired) electrons. The number of sulfonamides is 1. The average Bonchev–Trinajstić information content (AvgIpc) is 2.70. The molecule has 0 atom stereocenters. The highest BCUT2D eigenvalue weighted by molar-refractivity contribution is 7.89. The van der Waals surface area contributed by atoms with Crippen molar-refractivity contribution < 1.29 is 22.6 Å². The lowest BCUT2D eigenvalue weighted by Gasteiger charge is -2.19. The topological polar surface area (TPSA) is 123 Å². The average molecular weight is 433 g/mol. The second kappa shape index (κ2) is 9.35. The summed E-state index contributed by atoms with van der Waals surface area (Å²) in [6, 6.07) is 12.2. The lowest BCUT2D eigenvalue weighted by atomic mass is 10.3. The van der Waals surface area contributed by atoms with Crippen molar-refractivity contribution in [2.75, 3.05) is 13.2 Å². The molecule has 0 aliphatic carbocycles. The number of rotatable bonds is 9. The number of benzene rings is 1. The van der Waals surface area contributed by atoms with Crippen LogP contribution in [0.4, 0.5) is 0 Å². The number of nitrogens with zero attached hydrogens (tertiary/aromatic N) is 2. The minimum Gasteiger partial charge on any atom is -0.439 e. The molecule has 0 unspecified atom stereocenters. The van der Waals surface area contributed by atoms with Gasteiger partial charge in [0.1, 0.15) is 11.4 Å². The third-order valence-electron chi connectivity index (χ3n) is 4.22. The van der Waals surface area contributed by atoms with E-state index in [-0.39, 0.29) is 22.9 Å². The van der Waals surface area contributed by atoms with Gasteiger partial charge in [0.25, 0.3) is 5.56 Å². The van der Waals surface area contributed by atoms with Gasteiger partial charge < -0.3 is 14.2 Å². The summed E-state index contributed by atoms with van der Waals surface area (Å²) in [5.41, 5.74) is 0.180. The SMILES string of the molecule is CCOC(Cn1c(=O)ccc2ccc(Oc3ccc(S(N)(=O)=O)cc3)nc21)OCC. The van der Waals surface area contributed by atoms with Crippen molar-refractivity contribution in [3.05, 3.63) is 58.9 Å². The highest BCUT2D eigenvalue weighted by atomic mass is 32.2. The fraction of sp³-hybridized carbons (Fsp3) is 0.300. The van der Waals surface area contributed by atoms with E-state index in [0.29, 0.717) is 24.6 Å². The van der Waals surface area contributed by atoms with Crippen molar-refractivity contribution in [1.29, 1.82) is 0 Å². The maximum Gasteiger partial charge on any atom is 0.252 e. The minimum atomic E-state index is -3.79. The fourth-order valence-electron chi connectivity index (χ4n) is 2.87. The largest absolute Gasteiger partial charge is 0.439 e. The van der Waals surface area contributed by atoms with Gasteiger partial charge in [-0.1, -0.05) is 0 Å². The summed E-state index contributed by atoms with van der Waals surface area (Å²) < 4.78 is 41.1. The molecule has 3 rings (SSSR count). The lowest BCUT2D eigenvalue weighted by molar-refractivity contribution is -0.143. The predicted molar refractivity (Wildman–Crippen MR) is 111 cm³/mol. The van der Waals surface area contributed by atoms with Crippen LogP contribution in [0.15, 0.2) is 58.2 Å². The first kappa shape index (κ1) is 21.9. The molecule has 2 N–H and O–H groups in total. The molecule has 0 aliphatic heterocycles. The summed E-state index contributed by atoms with van der Waals surface area (Å²) in [4.78, 5) is 16.9. The van der Waals surface area contributed by atoms with E-state index in [1.807, 2.05) is 13.8 Å². The Bertz CT molecular complexity index is 1170. The van der Waals surface area contributed by atoms with E-state index >= 15 is 0 Å². The maximum absolute atomic E-state index is 12.5. The zero-order valence-electron chi connectivity index (χ0n) is 16.6. The summed E-state index contributed by atoms with van der Waals surface area (Å²) in [6.07, 6.45) is -0.583. The number of hydrogen-bond donors (Lipinski definition) is 1. The molecule has 0 fully saturated rings. The highest BCUT2D eigenvalue weighted by Gasteiger charge is 2.14. The molecular formula is C20H23N3O6S. The molecule has 0 saturated heterocycles. The molecule has 0 saturated carbocycles. The first-order valence-corrected chi connectivity index (χ1v) is 10.9. The van der Waals surface area contributed by atoms with E-state index in [4.69, 9.17) is 19.3 Å². The second-order valence-electron chi connectivity index (χ2n) is 6.30. The Balaban J connectivity index is 1.93. The molecule has 3 aromatic rings. The standard InChI is InChI=1S/C20H23N3O6S/c1-3-27-19(28-4-2)13-23-18(24)12-6-14-5-11-17(22-20(14)23)29-15-7-9-16(10-8-15)30(21,25)26/h5-12,19H,3-4,13H2,1-2H3,(H2,21,25,26). The van der Waals surface area contributed by atoms with Crippen molar-refractivity contribution in [2.24, 2.45) is 5.14 Å². The molecule has 2 aromatic heterocycles. The molecule has 0 amide bonds. The van der Waals surface area contributed by atoms with Gasteiger partial charge in [0.15, 0.2) is 6.29 Å². The predicted octanol–water partition coefficient (Wildman–Crippen LogP) is 2.24. The summed E-state index contributed by atoms with van der Waals surface area (Å²) in [5, 5.41) is 5.85. The van der Waals surface area contributed by atoms with Crippen molar-refractivity contribution in [3.8, 4) is 11.6 Å². The number of aromatic nitrogens is 2. The Labute approximate surface area is 174 Å². The maximum atomic E-state index is 12.5. The normalized spacial score (nSPS) is 11.9. The summed E-state index contributed by atoms with van der Waals surface area (Å²) >= 11 is 0. The lowest BCUT2D eigenvalue weighted by Crippen LogP contribution is -2.30. The molecule has 160 valence electrons. The quantitative estimate of drug-likeness (QED) is 0.513. The number of fused-ring (bicyclic) bond motifs is 1. The number of ether oxygens (including phenoxy) is 3. The first-order valence-electron chi connectivity index (χ1n) is 9.36. The van der Waals surface area contributed by atoms with Gasteiger partial charge in [0.2, 0.25) is 15.9 Å². The molecule has 10 heteroatoms.